The summed E-state index contributed by atoms with van der Waals surface area (Å²) in [6.07, 6.45) is 3.54. The number of carbonyl (C=O) groups is 1. The number of allylic oxidation sites excluding steroid dienone is 1. The summed E-state index contributed by atoms with van der Waals surface area (Å²) < 4.78 is 0. The van der Waals surface area contributed by atoms with Gasteiger partial charge in [-0.15, -0.1) is 0 Å². The predicted molar refractivity (Wildman–Crippen MR) is 55.9 cm³/mol. The van der Waals surface area contributed by atoms with E-state index in [-0.39, 0.29) is 5.24 Å². The van der Waals surface area contributed by atoms with Gasteiger partial charge in [-0.2, -0.15) is 0 Å². The van der Waals surface area contributed by atoms with Crippen LogP contribution < -0.4 is 0 Å². The van der Waals surface area contributed by atoms with Crippen molar-refractivity contribution >= 4 is 29.3 Å². The van der Waals surface area contributed by atoms with Crippen molar-refractivity contribution in [1.82, 2.24) is 0 Å². The molecule has 0 fully saturated rings. The van der Waals surface area contributed by atoms with Crippen LogP contribution in [-0.4, -0.2) is 11.5 Å². The highest BCUT2D eigenvalue weighted by atomic mass is 32.2. The zero-order valence-corrected chi connectivity index (χ0v) is 7.62. The number of hydrogen-bond donors (Lipinski definition) is 0. The standard InChI is InChI=1S/C10H7NOS/c12-10-11-7-9(13-10)6-8-4-2-1-3-5-8/h1-7H. The average molecular weight is 189 g/mol. The Morgan fingerprint density at radius 1 is 1.23 bits per heavy atom. The van der Waals surface area contributed by atoms with Crippen LogP contribution in [0.25, 0.3) is 6.08 Å². The monoisotopic (exact) mass is 189 g/mol. The Bertz CT molecular complexity index is 381. The second kappa shape index (κ2) is 3.58. The first-order valence-corrected chi connectivity index (χ1v) is 4.69. The van der Waals surface area contributed by atoms with E-state index in [2.05, 4.69) is 4.99 Å². The first kappa shape index (κ1) is 8.26. The summed E-state index contributed by atoms with van der Waals surface area (Å²) in [7, 11) is 0. The normalized spacial score (nSPS) is 18.5. The van der Waals surface area contributed by atoms with Crippen LogP contribution in [0.4, 0.5) is 4.79 Å². The molecule has 64 valence electrons. The zero-order chi connectivity index (χ0) is 9.10. The van der Waals surface area contributed by atoms with Crippen LogP contribution in [0.2, 0.25) is 0 Å². The number of aliphatic imine (C=N–C) groups is 1. The van der Waals surface area contributed by atoms with E-state index in [1.54, 1.807) is 6.21 Å². The van der Waals surface area contributed by atoms with Gasteiger partial charge in [0.15, 0.2) is 0 Å². The summed E-state index contributed by atoms with van der Waals surface area (Å²) in [5, 5.41) is -0.137. The van der Waals surface area contributed by atoms with Crippen molar-refractivity contribution in [3.05, 3.63) is 40.8 Å². The fourth-order valence-electron chi connectivity index (χ4n) is 1.05. The van der Waals surface area contributed by atoms with Gasteiger partial charge in [0.1, 0.15) is 0 Å². The lowest BCUT2D eigenvalue weighted by Gasteiger charge is -1.92. The second-order valence-electron chi connectivity index (χ2n) is 2.58. The topological polar surface area (TPSA) is 29.4 Å². The van der Waals surface area contributed by atoms with E-state index in [1.165, 1.54) is 0 Å². The molecule has 0 unspecified atom stereocenters. The van der Waals surface area contributed by atoms with Crippen molar-refractivity contribution in [1.29, 1.82) is 0 Å². The molecule has 13 heavy (non-hydrogen) atoms. The Hall–Kier alpha value is -1.35. The lowest BCUT2D eigenvalue weighted by molar-refractivity contribution is 0.268. The van der Waals surface area contributed by atoms with E-state index in [0.29, 0.717) is 0 Å². The van der Waals surface area contributed by atoms with Crippen LogP contribution >= 0.6 is 11.8 Å². The van der Waals surface area contributed by atoms with Crippen LogP contribution in [0.5, 0.6) is 0 Å². The molecule has 0 saturated heterocycles. The quantitative estimate of drug-likeness (QED) is 0.679. The highest BCUT2D eigenvalue weighted by molar-refractivity contribution is 8.18. The zero-order valence-electron chi connectivity index (χ0n) is 6.81. The van der Waals surface area contributed by atoms with Crippen molar-refractivity contribution in [2.75, 3.05) is 0 Å². The maximum Gasteiger partial charge on any atom is 0.309 e. The van der Waals surface area contributed by atoms with Gasteiger partial charge < -0.3 is 0 Å². The molecule has 0 saturated carbocycles. The van der Waals surface area contributed by atoms with Gasteiger partial charge in [0.2, 0.25) is 0 Å². The van der Waals surface area contributed by atoms with Gasteiger partial charge in [0.05, 0.1) is 0 Å². The van der Waals surface area contributed by atoms with Crippen LogP contribution in [-0.2, 0) is 0 Å². The minimum absolute atomic E-state index is 0.137. The fraction of sp³-hybridized carbons (Fsp3) is 0. The first-order valence-electron chi connectivity index (χ1n) is 3.87. The molecule has 0 aliphatic carbocycles. The third kappa shape index (κ3) is 2.06. The molecule has 1 aliphatic heterocycles. The average Bonchev–Trinajstić information content (AvgIpc) is 2.53. The van der Waals surface area contributed by atoms with Crippen molar-refractivity contribution in [2.24, 2.45) is 4.99 Å². The van der Waals surface area contributed by atoms with Gasteiger partial charge in [-0.05, 0) is 23.4 Å². The van der Waals surface area contributed by atoms with E-state index in [4.69, 9.17) is 0 Å². The summed E-state index contributed by atoms with van der Waals surface area (Å²) in [6.45, 7) is 0. The largest absolute Gasteiger partial charge is 0.309 e. The van der Waals surface area contributed by atoms with Crippen LogP contribution in [0.3, 0.4) is 0 Å². The molecule has 0 spiro atoms. The van der Waals surface area contributed by atoms with Gasteiger partial charge in [0, 0.05) is 11.1 Å². The van der Waals surface area contributed by atoms with Gasteiger partial charge in [-0.25, -0.2) is 4.99 Å². The lowest BCUT2D eigenvalue weighted by Crippen LogP contribution is -1.74. The Balaban J connectivity index is 2.23. The summed E-state index contributed by atoms with van der Waals surface area (Å²) in [6, 6.07) is 9.87. The Morgan fingerprint density at radius 2 is 2.00 bits per heavy atom. The van der Waals surface area contributed by atoms with E-state index >= 15 is 0 Å². The van der Waals surface area contributed by atoms with Gasteiger partial charge in [-0.3, -0.25) is 4.79 Å². The summed E-state index contributed by atoms with van der Waals surface area (Å²) in [5.41, 5.74) is 1.09. The predicted octanol–water partition coefficient (Wildman–Crippen LogP) is 2.97. The third-order valence-corrected chi connectivity index (χ3v) is 2.35. The molecule has 0 atom stereocenters. The molecule has 2 nitrogen and oxygen atoms in total. The van der Waals surface area contributed by atoms with Crippen molar-refractivity contribution < 1.29 is 4.79 Å². The summed E-state index contributed by atoms with van der Waals surface area (Å²) in [4.78, 5) is 15.3. The third-order valence-electron chi connectivity index (χ3n) is 1.61. The molecule has 1 aliphatic rings. The van der Waals surface area contributed by atoms with Crippen molar-refractivity contribution in [2.45, 2.75) is 0 Å². The number of nitrogens with zero attached hydrogens (tertiary/aromatic N) is 1. The number of benzene rings is 1. The molecule has 3 heteroatoms. The number of amides is 1. The van der Waals surface area contributed by atoms with Crippen LogP contribution in [0, 0.1) is 0 Å². The molecule has 0 N–H and O–H groups in total. The lowest BCUT2D eigenvalue weighted by atomic mass is 10.2. The molecule has 0 aromatic heterocycles. The van der Waals surface area contributed by atoms with Gasteiger partial charge in [0.25, 0.3) is 0 Å². The van der Waals surface area contributed by atoms with E-state index in [0.717, 1.165) is 22.2 Å². The highest BCUT2D eigenvalue weighted by Gasteiger charge is 2.10. The maximum atomic E-state index is 10.8. The number of hydrogen-bond acceptors (Lipinski definition) is 2. The second-order valence-corrected chi connectivity index (χ2v) is 3.61. The summed E-state index contributed by atoms with van der Waals surface area (Å²) >= 11 is 1.16. The van der Waals surface area contributed by atoms with Crippen LogP contribution in [0.15, 0.2) is 40.2 Å². The first-order chi connectivity index (χ1) is 6.34. The summed E-state index contributed by atoms with van der Waals surface area (Å²) in [5.74, 6) is 0. The molecule has 1 heterocycles. The number of rotatable bonds is 1. The van der Waals surface area contributed by atoms with E-state index in [1.807, 2.05) is 36.4 Å². The molecular weight excluding hydrogens is 182 g/mol. The Kier molecular flexibility index (Phi) is 2.27. The molecule has 0 bridgehead atoms. The van der Waals surface area contributed by atoms with E-state index in [9.17, 15) is 4.79 Å². The molecule has 1 aromatic rings. The minimum atomic E-state index is -0.137. The Labute approximate surface area is 80.4 Å². The van der Waals surface area contributed by atoms with Crippen LogP contribution in [0.1, 0.15) is 5.56 Å². The smallest absolute Gasteiger partial charge is 0.259 e. The van der Waals surface area contributed by atoms with Gasteiger partial charge >= 0.3 is 5.24 Å². The number of carbonyl (C=O) groups excluding carboxylic acids is 1. The maximum absolute atomic E-state index is 10.8. The van der Waals surface area contributed by atoms with Crippen molar-refractivity contribution in [3.63, 3.8) is 0 Å². The fourth-order valence-corrected chi connectivity index (χ4v) is 1.66. The Morgan fingerprint density at radius 3 is 2.62 bits per heavy atom. The molecule has 2 rings (SSSR count). The van der Waals surface area contributed by atoms with Gasteiger partial charge in [-0.1, -0.05) is 30.3 Å². The number of thioether (sulfide) groups is 1. The molecule has 1 amide bonds. The van der Waals surface area contributed by atoms with Crippen molar-refractivity contribution in [3.8, 4) is 0 Å². The minimum Gasteiger partial charge on any atom is -0.259 e. The molecular formula is C10H7NOS. The van der Waals surface area contributed by atoms with E-state index < -0.39 is 0 Å². The highest BCUT2D eigenvalue weighted by Crippen LogP contribution is 2.24. The SMILES string of the molecule is O=C1N=CC(=Cc2ccccc2)S1. The molecule has 0 radical (unpaired) electrons. The molecule has 1 aromatic carbocycles.